The quantitative estimate of drug-likeness (QED) is 0.765. The highest BCUT2D eigenvalue weighted by molar-refractivity contribution is 7.21. The van der Waals surface area contributed by atoms with E-state index < -0.39 is 0 Å². The number of pyridine rings is 1. The number of hydrogen-bond donors (Lipinski definition) is 1. The molecule has 0 unspecified atom stereocenters. The third-order valence-corrected chi connectivity index (χ3v) is 5.77. The fourth-order valence-corrected chi connectivity index (χ4v) is 4.46. The number of carbonyl (C=O) groups excluding carboxylic acids is 1. The van der Waals surface area contributed by atoms with Crippen molar-refractivity contribution < 1.29 is 4.79 Å². The number of nitrogens with zero attached hydrogens (tertiary/aromatic N) is 3. The van der Waals surface area contributed by atoms with Crippen LogP contribution in [-0.4, -0.2) is 46.5 Å². The van der Waals surface area contributed by atoms with Crippen LogP contribution in [0.3, 0.4) is 0 Å². The van der Waals surface area contributed by atoms with Crippen molar-refractivity contribution in [2.45, 2.75) is 19.3 Å². The van der Waals surface area contributed by atoms with E-state index in [1.165, 1.54) is 30.6 Å². The molecule has 1 saturated heterocycles. The van der Waals surface area contributed by atoms with Gasteiger partial charge in [0, 0.05) is 37.1 Å². The van der Waals surface area contributed by atoms with E-state index in [0.29, 0.717) is 6.54 Å². The summed E-state index contributed by atoms with van der Waals surface area (Å²) in [7, 11) is 0. The van der Waals surface area contributed by atoms with Crippen molar-refractivity contribution in [2.24, 2.45) is 0 Å². The highest BCUT2D eigenvalue weighted by Crippen LogP contribution is 2.32. The molecule has 0 aromatic carbocycles. The van der Waals surface area contributed by atoms with Gasteiger partial charge in [0.2, 0.25) is 0 Å². The van der Waals surface area contributed by atoms with E-state index in [1.54, 1.807) is 6.20 Å². The van der Waals surface area contributed by atoms with E-state index in [4.69, 9.17) is 0 Å². The van der Waals surface area contributed by atoms with Crippen LogP contribution in [0.4, 0.5) is 0 Å². The standard InChI is InChI=1S/C19H22N4OS/c24-18(20-9-14-22-10-2-1-3-11-22)17-16(23-12-4-5-13-23)15-7-6-8-21-19(15)25-17/h4-8,12-13H,1-3,9-11,14H2,(H,20,24). The van der Waals surface area contributed by atoms with Gasteiger partial charge in [0.05, 0.1) is 5.69 Å². The van der Waals surface area contributed by atoms with E-state index in [1.807, 2.05) is 41.2 Å². The van der Waals surface area contributed by atoms with E-state index in [2.05, 4.69) is 15.2 Å². The van der Waals surface area contributed by atoms with Gasteiger partial charge in [-0.2, -0.15) is 0 Å². The molecule has 0 bridgehead atoms. The van der Waals surface area contributed by atoms with Crippen molar-refractivity contribution in [3.05, 3.63) is 47.7 Å². The van der Waals surface area contributed by atoms with Gasteiger partial charge in [0.25, 0.3) is 5.91 Å². The molecule has 4 heterocycles. The van der Waals surface area contributed by atoms with Crippen LogP contribution in [-0.2, 0) is 0 Å². The van der Waals surface area contributed by atoms with E-state index >= 15 is 0 Å². The summed E-state index contributed by atoms with van der Waals surface area (Å²) < 4.78 is 2.00. The maximum absolute atomic E-state index is 12.8. The number of carbonyl (C=O) groups is 1. The Kier molecular flexibility index (Phi) is 4.81. The number of amides is 1. The lowest BCUT2D eigenvalue weighted by molar-refractivity contribution is 0.0950. The summed E-state index contributed by atoms with van der Waals surface area (Å²) in [5.74, 6) is -0.0105. The summed E-state index contributed by atoms with van der Waals surface area (Å²) in [5, 5.41) is 4.12. The fourth-order valence-electron chi connectivity index (χ4n) is 3.40. The molecule has 5 nitrogen and oxygen atoms in total. The lowest BCUT2D eigenvalue weighted by Crippen LogP contribution is -2.37. The molecule has 0 atom stereocenters. The molecule has 25 heavy (non-hydrogen) atoms. The molecule has 0 spiro atoms. The van der Waals surface area contributed by atoms with Gasteiger partial charge in [0.1, 0.15) is 9.71 Å². The van der Waals surface area contributed by atoms with Crippen molar-refractivity contribution in [3.8, 4) is 5.69 Å². The zero-order valence-corrected chi connectivity index (χ0v) is 15.0. The molecule has 0 radical (unpaired) electrons. The summed E-state index contributed by atoms with van der Waals surface area (Å²) in [5.41, 5.74) is 0.925. The van der Waals surface area contributed by atoms with E-state index in [9.17, 15) is 4.79 Å². The minimum atomic E-state index is -0.0105. The fraction of sp³-hybridized carbons (Fsp3) is 0.368. The maximum Gasteiger partial charge on any atom is 0.263 e. The van der Waals surface area contributed by atoms with Gasteiger partial charge in [0.15, 0.2) is 0 Å². The molecule has 0 saturated carbocycles. The number of aromatic nitrogens is 2. The Balaban J connectivity index is 1.53. The number of rotatable bonds is 5. The molecule has 0 aliphatic carbocycles. The molecule has 1 aliphatic heterocycles. The normalized spacial score (nSPS) is 15.5. The molecular weight excluding hydrogens is 332 g/mol. The van der Waals surface area contributed by atoms with Crippen molar-refractivity contribution in [1.82, 2.24) is 19.8 Å². The van der Waals surface area contributed by atoms with E-state index in [0.717, 1.165) is 40.4 Å². The molecule has 1 aliphatic rings. The number of likely N-dealkylation sites (tertiary alicyclic amines) is 1. The number of piperidine rings is 1. The summed E-state index contributed by atoms with van der Waals surface area (Å²) in [4.78, 5) is 21.3. The Labute approximate surface area is 151 Å². The largest absolute Gasteiger partial charge is 0.350 e. The van der Waals surface area contributed by atoms with Crippen molar-refractivity contribution >= 4 is 27.5 Å². The highest BCUT2D eigenvalue weighted by Gasteiger charge is 2.20. The number of nitrogens with one attached hydrogen (secondary N) is 1. The number of fused-ring (bicyclic) bond motifs is 1. The molecule has 3 aromatic heterocycles. The van der Waals surface area contributed by atoms with Crippen molar-refractivity contribution in [1.29, 1.82) is 0 Å². The predicted octanol–water partition coefficient (Wildman–Crippen LogP) is 3.30. The first-order valence-corrected chi connectivity index (χ1v) is 9.66. The maximum atomic E-state index is 12.8. The van der Waals surface area contributed by atoms with Gasteiger partial charge in [-0.15, -0.1) is 11.3 Å². The molecule has 1 N–H and O–H groups in total. The van der Waals surface area contributed by atoms with Crippen LogP contribution < -0.4 is 5.32 Å². The van der Waals surface area contributed by atoms with Crippen LogP contribution in [0.2, 0.25) is 0 Å². The third-order valence-electron chi connectivity index (χ3n) is 4.67. The summed E-state index contributed by atoms with van der Waals surface area (Å²) in [6.07, 6.45) is 9.59. The number of hydrogen-bond acceptors (Lipinski definition) is 4. The molecular formula is C19H22N4OS. The SMILES string of the molecule is O=C(NCCN1CCCCC1)c1sc2ncccc2c1-n1cccc1. The van der Waals surface area contributed by atoms with Crippen LogP contribution in [0.15, 0.2) is 42.9 Å². The Morgan fingerprint density at radius 3 is 2.76 bits per heavy atom. The van der Waals surface area contributed by atoms with Gasteiger partial charge < -0.3 is 14.8 Å². The molecule has 1 fully saturated rings. The summed E-state index contributed by atoms with van der Waals surface area (Å²) >= 11 is 1.46. The topological polar surface area (TPSA) is 50.2 Å². The predicted molar refractivity (Wildman–Crippen MR) is 102 cm³/mol. The summed E-state index contributed by atoms with van der Waals surface area (Å²) in [6, 6.07) is 7.88. The van der Waals surface area contributed by atoms with Gasteiger partial charge >= 0.3 is 0 Å². The van der Waals surface area contributed by atoms with Gasteiger partial charge in [-0.05, 0) is 50.2 Å². The second kappa shape index (κ2) is 7.37. The first-order valence-electron chi connectivity index (χ1n) is 8.84. The monoisotopic (exact) mass is 354 g/mol. The Morgan fingerprint density at radius 1 is 1.16 bits per heavy atom. The second-order valence-corrected chi connectivity index (χ2v) is 7.38. The first kappa shape index (κ1) is 16.3. The lowest BCUT2D eigenvalue weighted by atomic mass is 10.1. The third kappa shape index (κ3) is 3.45. The van der Waals surface area contributed by atoms with Gasteiger partial charge in [-0.3, -0.25) is 4.79 Å². The zero-order valence-electron chi connectivity index (χ0n) is 14.1. The number of thiophene rings is 1. The average molecular weight is 354 g/mol. The average Bonchev–Trinajstić information content (AvgIpc) is 3.29. The minimum absolute atomic E-state index is 0.0105. The molecule has 130 valence electrons. The highest BCUT2D eigenvalue weighted by atomic mass is 32.1. The Hall–Kier alpha value is -2.18. The van der Waals surface area contributed by atoms with Crippen molar-refractivity contribution in [2.75, 3.05) is 26.2 Å². The molecule has 6 heteroatoms. The Bertz CT molecular complexity index is 850. The van der Waals surface area contributed by atoms with Crippen LogP contribution in [0.5, 0.6) is 0 Å². The summed E-state index contributed by atoms with van der Waals surface area (Å²) in [6.45, 7) is 3.91. The van der Waals surface area contributed by atoms with Gasteiger partial charge in [-0.1, -0.05) is 6.42 Å². The van der Waals surface area contributed by atoms with Crippen LogP contribution >= 0.6 is 11.3 Å². The van der Waals surface area contributed by atoms with Gasteiger partial charge in [-0.25, -0.2) is 4.98 Å². The second-order valence-electron chi connectivity index (χ2n) is 6.38. The first-order chi connectivity index (χ1) is 12.3. The molecule has 3 aromatic rings. The molecule has 4 rings (SSSR count). The van der Waals surface area contributed by atoms with Crippen LogP contribution in [0, 0.1) is 0 Å². The minimum Gasteiger partial charge on any atom is -0.350 e. The smallest absolute Gasteiger partial charge is 0.263 e. The lowest BCUT2D eigenvalue weighted by Gasteiger charge is -2.26. The molecule has 1 amide bonds. The van der Waals surface area contributed by atoms with Crippen LogP contribution in [0.1, 0.15) is 28.9 Å². The zero-order chi connectivity index (χ0) is 17.1. The van der Waals surface area contributed by atoms with Crippen LogP contribution in [0.25, 0.3) is 15.9 Å². The van der Waals surface area contributed by atoms with Crippen molar-refractivity contribution in [3.63, 3.8) is 0 Å². The Morgan fingerprint density at radius 2 is 1.96 bits per heavy atom. The van der Waals surface area contributed by atoms with E-state index in [-0.39, 0.29) is 5.91 Å².